The second-order valence-corrected chi connectivity index (χ2v) is 9.14. The van der Waals surface area contributed by atoms with Crippen LogP contribution in [0.4, 0.5) is 0 Å². The van der Waals surface area contributed by atoms with Gasteiger partial charge in [-0.25, -0.2) is 0 Å². The summed E-state index contributed by atoms with van der Waals surface area (Å²) in [5, 5.41) is 0. The fraction of sp³-hybridized carbons (Fsp3) is 1.00. The van der Waals surface area contributed by atoms with Crippen LogP contribution in [0.5, 0.6) is 0 Å². The molecule has 0 saturated carbocycles. The van der Waals surface area contributed by atoms with Gasteiger partial charge in [-0.1, -0.05) is 0 Å². The molecule has 38 valence electrons. The van der Waals surface area contributed by atoms with E-state index in [9.17, 15) is 0 Å². The van der Waals surface area contributed by atoms with Gasteiger partial charge in [0, 0.05) is 0 Å². The molecule has 0 aliphatic heterocycles. The van der Waals surface area contributed by atoms with E-state index < -0.39 is 0 Å². The van der Waals surface area contributed by atoms with Gasteiger partial charge in [0.1, 0.15) is 0 Å². The third-order valence-corrected chi connectivity index (χ3v) is 2.54. The molecule has 0 bridgehead atoms. The second kappa shape index (κ2) is 7.11. The molecule has 0 aromatic heterocycles. The van der Waals surface area contributed by atoms with Crippen LogP contribution in [0.15, 0.2) is 0 Å². The van der Waals surface area contributed by atoms with Crippen molar-refractivity contribution in [3.05, 3.63) is 0 Å². The molecule has 0 atom stereocenters. The summed E-state index contributed by atoms with van der Waals surface area (Å²) in [5.41, 5.74) is 0. The molecule has 0 saturated heterocycles. The van der Waals surface area contributed by atoms with Gasteiger partial charge in [-0.15, -0.1) is 0 Å². The Bertz CT molecular complexity index is 43.8. The molecule has 0 fully saturated rings. The molecule has 0 unspecified atom stereocenters. The van der Waals surface area contributed by atoms with Gasteiger partial charge < -0.3 is 0 Å². The van der Waals surface area contributed by atoms with E-state index in [-0.39, 0.29) is 0 Å². The molecular weight excluding hydrogens is 118 g/mol. The van der Waals surface area contributed by atoms with Gasteiger partial charge in [0.05, 0.1) is 0 Å². The topological polar surface area (TPSA) is 0 Å². The van der Waals surface area contributed by atoms with Crippen LogP contribution in [0, 0.1) is 0 Å². The van der Waals surface area contributed by atoms with Crippen molar-refractivity contribution in [1.29, 1.82) is 0 Å². The maximum absolute atomic E-state index is 2.27. The van der Waals surface area contributed by atoms with Crippen molar-refractivity contribution >= 4 is 55.9 Å². The zero-order chi connectivity index (χ0) is 6.41. The summed E-state index contributed by atoms with van der Waals surface area (Å²) >= 11 is 2.89. The summed E-state index contributed by atoms with van der Waals surface area (Å²) in [6.07, 6.45) is 5.87. The third-order valence-electron chi connectivity index (χ3n) is 1.39. The Morgan fingerprint density at radius 2 is 1.88 bits per heavy atom. The van der Waals surface area contributed by atoms with E-state index in [0.717, 1.165) is 0 Å². The first-order valence-corrected chi connectivity index (χ1v) is 6.08. The molecule has 0 spiro atoms. The summed E-state index contributed by atoms with van der Waals surface area (Å²) < 4.78 is 1.18. The average molecular weight is 130 g/mol. The molecule has 0 aromatic carbocycles. The predicted molar refractivity (Wildman–Crippen MR) is 39.4 cm³/mol. The fourth-order valence-corrected chi connectivity index (χ4v) is 1.62. The van der Waals surface area contributed by atoms with Crippen molar-refractivity contribution in [3.8, 4) is 0 Å². The average Bonchev–Trinajstić information content (AvgIpc) is 1.66. The van der Waals surface area contributed by atoms with Gasteiger partial charge in [0.2, 0.25) is 0 Å². The van der Waals surface area contributed by atoms with Crippen LogP contribution in [-0.4, -0.2) is 55.9 Å². The molecule has 0 amide bonds. The number of rotatable bonds is 4. The second-order valence-electron chi connectivity index (χ2n) is 2.89. The van der Waals surface area contributed by atoms with E-state index >= 15 is 0 Å². The van der Waals surface area contributed by atoms with E-state index in [4.69, 9.17) is 0 Å². The van der Waals surface area contributed by atoms with E-state index in [0.29, 0.717) is 0 Å². The first-order chi connectivity index (χ1) is 3.77. The van der Waals surface area contributed by atoms with E-state index in [1.54, 1.807) is 0 Å². The molecule has 0 aromatic rings. The molecule has 0 N–H and O–H groups in total. The Labute approximate surface area is 87.6 Å². The van der Waals surface area contributed by atoms with Crippen LogP contribution < -0.4 is 0 Å². The minimum absolute atomic E-state index is 1.18. The quantitative estimate of drug-likeness (QED) is 0.401. The third kappa shape index (κ3) is 8.00. The first kappa shape index (κ1) is 10.0. The van der Waals surface area contributed by atoms with Crippen molar-refractivity contribution < 1.29 is 0 Å². The van der Waals surface area contributed by atoms with Crippen LogP contribution in [0.3, 0.4) is 0 Å². The van der Waals surface area contributed by atoms with Crippen molar-refractivity contribution in [2.75, 3.05) is 0 Å². The number of unbranched alkanes of at least 4 members (excludes halogenated alkanes) is 2. The van der Waals surface area contributed by atoms with Gasteiger partial charge in [-0.2, -0.15) is 0 Å². The van der Waals surface area contributed by atoms with Crippen LogP contribution in [0.2, 0.25) is 0.417 Å². The number of hydrogen-bond acceptors (Lipinski definition) is 0. The zero-order valence-electron chi connectivity index (χ0n) is 6.41. The molecule has 0 aliphatic carbocycles. The van der Waals surface area contributed by atoms with Crippen LogP contribution in [-0.2, 0) is 0 Å². The summed E-state index contributed by atoms with van der Waals surface area (Å²) in [6, 6.07) is 0. The first-order valence-electron chi connectivity index (χ1n) is 3.77. The Hall–Kier alpha value is 2.00. The van der Waals surface area contributed by atoms with Crippen LogP contribution >= 0.6 is 0 Å². The van der Waals surface area contributed by atoms with Gasteiger partial charge in [0.15, 0.2) is 0 Å². The Morgan fingerprint density at radius 1 is 1.25 bits per heavy atom. The zero-order valence-corrected chi connectivity index (χ0v) is 10.4. The summed E-state index contributed by atoms with van der Waals surface area (Å²) in [7, 11) is 0. The van der Waals surface area contributed by atoms with Crippen molar-refractivity contribution in [2.24, 2.45) is 0 Å². The maximum atomic E-state index is 2.27. The van der Waals surface area contributed by atoms with Crippen molar-refractivity contribution in [3.63, 3.8) is 0 Å². The monoisotopic (exact) mass is 130 g/mol. The van der Waals surface area contributed by atoms with E-state index in [2.05, 4.69) is 6.92 Å². The van der Waals surface area contributed by atoms with Gasteiger partial charge in [-0.3, -0.25) is 0 Å². The summed E-state index contributed by atoms with van der Waals surface area (Å²) in [5.74, 6) is 0. The van der Waals surface area contributed by atoms with Crippen molar-refractivity contribution in [1.82, 2.24) is 0 Å². The molecule has 2 heteroatoms. The fourth-order valence-electron chi connectivity index (χ4n) is 0.803. The molecular formula is C6H12Na2. The Kier molecular flexibility index (Phi) is 8.89. The Morgan fingerprint density at radius 3 is 2.25 bits per heavy atom. The van der Waals surface area contributed by atoms with Crippen LogP contribution in [0.1, 0.15) is 32.6 Å². The molecule has 8 heavy (non-hydrogen) atoms. The normalized spacial score (nSPS) is 10.8. The van der Waals surface area contributed by atoms with E-state index in [1.807, 2.05) is 0 Å². The van der Waals surface area contributed by atoms with Crippen LogP contribution in [0.25, 0.3) is 0 Å². The minimum atomic E-state index is 1.18. The molecule has 0 rings (SSSR count). The van der Waals surface area contributed by atoms with Gasteiger partial charge in [-0.05, 0) is 0 Å². The molecule has 0 radical (unpaired) electrons. The van der Waals surface area contributed by atoms with E-state index in [1.165, 1.54) is 82.0 Å². The Balaban J connectivity index is 2.72. The standard InChI is InChI=1S/C6H12.2Na/c1-3-5-6-4-2;;/h1H,3-6H2,2H3;;. The molecule has 0 aliphatic rings. The molecule has 0 heterocycles. The molecule has 0 nitrogen and oxygen atoms in total. The van der Waals surface area contributed by atoms with Crippen molar-refractivity contribution in [2.45, 2.75) is 33.0 Å². The number of hydrogen-bond donors (Lipinski definition) is 0. The summed E-state index contributed by atoms with van der Waals surface area (Å²) in [4.78, 5) is 0. The predicted octanol–water partition coefficient (Wildman–Crippen LogP) is 1.65. The van der Waals surface area contributed by atoms with Gasteiger partial charge >= 0.3 is 88.9 Å². The van der Waals surface area contributed by atoms with Gasteiger partial charge in [0.25, 0.3) is 0 Å². The summed E-state index contributed by atoms with van der Waals surface area (Å²) in [6.45, 7) is 2.27. The SMILES string of the molecule is CCCCC[CH]([Na])[Na].